The molecule has 0 amide bonds. The number of aromatic nitrogens is 4. The van der Waals surface area contributed by atoms with Gasteiger partial charge in [-0.1, -0.05) is 6.07 Å². The highest BCUT2D eigenvalue weighted by Crippen LogP contribution is 2.27. The van der Waals surface area contributed by atoms with Crippen LogP contribution in [0.5, 0.6) is 0 Å². The van der Waals surface area contributed by atoms with Crippen LogP contribution in [-0.2, 0) is 23.0 Å². The second-order valence-corrected chi connectivity index (χ2v) is 7.66. The van der Waals surface area contributed by atoms with Crippen LogP contribution in [-0.4, -0.2) is 38.8 Å². The van der Waals surface area contributed by atoms with Crippen LogP contribution in [0.1, 0.15) is 22.8 Å². The van der Waals surface area contributed by atoms with Crippen molar-refractivity contribution in [3.63, 3.8) is 0 Å². The summed E-state index contributed by atoms with van der Waals surface area (Å²) in [5.41, 5.74) is 3.85. The minimum Gasteiger partial charge on any atom is -0.302 e. The van der Waals surface area contributed by atoms with E-state index < -0.39 is 10.0 Å². The molecule has 0 atom stereocenters. The summed E-state index contributed by atoms with van der Waals surface area (Å²) in [6.07, 6.45) is 2.54. The van der Waals surface area contributed by atoms with Gasteiger partial charge in [0.1, 0.15) is 10.5 Å². The van der Waals surface area contributed by atoms with Gasteiger partial charge in [0.05, 0.1) is 29.3 Å². The van der Waals surface area contributed by atoms with E-state index in [9.17, 15) is 8.42 Å². The van der Waals surface area contributed by atoms with Crippen LogP contribution < -0.4 is 0 Å². The molecule has 0 saturated carbocycles. The summed E-state index contributed by atoms with van der Waals surface area (Å²) in [6, 6.07) is 5.79. The number of nitrogens with zero attached hydrogens (tertiary/aromatic N) is 4. The number of aromatic amines is 1. The van der Waals surface area contributed by atoms with Gasteiger partial charge in [0.25, 0.3) is 0 Å². The molecule has 0 bridgehead atoms. The van der Waals surface area contributed by atoms with Crippen LogP contribution in [0, 0.1) is 13.8 Å². The van der Waals surface area contributed by atoms with Crippen LogP contribution in [0.15, 0.2) is 29.3 Å². The Balaban J connectivity index is 1.78. The molecule has 3 aromatic heterocycles. The molecule has 1 aliphatic heterocycles. The number of fused-ring (bicyclic) bond motifs is 3. The van der Waals surface area contributed by atoms with E-state index >= 15 is 0 Å². The molecule has 1 N–H and O–H groups in total. The third kappa shape index (κ3) is 2.09. The van der Waals surface area contributed by atoms with E-state index in [1.54, 1.807) is 13.8 Å². The molecular formula is C15H17N5O2S. The van der Waals surface area contributed by atoms with Gasteiger partial charge < -0.3 is 4.40 Å². The molecule has 4 rings (SSSR count). The molecule has 0 radical (unpaired) electrons. The van der Waals surface area contributed by atoms with Crippen molar-refractivity contribution in [3.05, 3.63) is 47.2 Å². The van der Waals surface area contributed by atoms with Gasteiger partial charge in [0, 0.05) is 19.2 Å². The van der Waals surface area contributed by atoms with Crippen LogP contribution in [0.4, 0.5) is 0 Å². The fraction of sp³-hybridized carbons (Fsp3) is 0.333. The van der Waals surface area contributed by atoms with Crippen LogP contribution in [0.25, 0.3) is 5.65 Å². The highest BCUT2D eigenvalue weighted by molar-refractivity contribution is 7.89. The van der Waals surface area contributed by atoms with E-state index in [0.717, 1.165) is 17.0 Å². The first kappa shape index (κ1) is 14.4. The summed E-state index contributed by atoms with van der Waals surface area (Å²) >= 11 is 0. The van der Waals surface area contributed by atoms with Crippen molar-refractivity contribution in [2.75, 3.05) is 6.54 Å². The lowest BCUT2D eigenvalue weighted by atomic mass is 10.2. The topological polar surface area (TPSA) is 83.4 Å². The molecule has 0 aromatic carbocycles. The summed E-state index contributed by atoms with van der Waals surface area (Å²) in [6.45, 7) is 4.20. The number of pyridine rings is 1. The van der Waals surface area contributed by atoms with Gasteiger partial charge in [0.2, 0.25) is 10.0 Å². The molecule has 4 heterocycles. The number of imidazole rings is 1. The van der Waals surface area contributed by atoms with Gasteiger partial charge >= 0.3 is 0 Å². The molecule has 0 spiro atoms. The van der Waals surface area contributed by atoms with Crippen molar-refractivity contribution < 1.29 is 8.42 Å². The normalized spacial score (nSPS) is 15.9. The van der Waals surface area contributed by atoms with Crippen molar-refractivity contribution in [1.29, 1.82) is 0 Å². The maximum Gasteiger partial charge on any atom is 0.247 e. The predicted molar refractivity (Wildman–Crippen MR) is 84.6 cm³/mol. The molecule has 120 valence electrons. The number of hydrogen-bond acceptors (Lipinski definition) is 4. The minimum absolute atomic E-state index is 0.287. The van der Waals surface area contributed by atoms with Crippen molar-refractivity contribution in [2.45, 2.75) is 31.7 Å². The Bertz CT molecular complexity index is 983. The first-order chi connectivity index (χ1) is 11.0. The molecule has 0 aliphatic carbocycles. The maximum absolute atomic E-state index is 13.0. The molecule has 7 nitrogen and oxygen atoms in total. The molecule has 1 aliphatic rings. The molecule has 23 heavy (non-hydrogen) atoms. The summed E-state index contributed by atoms with van der Waals surface area (Å²) in [5, 5.41) is 6.77. The fourth-order valence-electron chi connectivity index (χ4n) is 3.19. The standard InChI is InChI=1S/C15H17N5O2S/c1-10-15(11(2)18-17-10)23(21,22)19-8-6-12-13(9-19)20-7-4-3-5-14(20)16-12/h3-5,7H,6,8-9H2,1-2H3,(H,17,18). The summed E-state index contributed by atoms with van der Waals surface area (Å²) < 4.78 is 29.5. The average Bonchev–Trinajstić information content (AvgIpc) is 3.07. The Morgan fingerprint density at radius 2 is 2.09 bits per heavy atom. The van der Waals surface area contributed by atoms with Crippen LogP contribution in [0.2, 0.25) is 0 Å². The van der Waals surface area contributed by atoms with E-state index in [-0.39, 0.29) is 4.90 Å². The van der Waals surface area contributed by atoms with Gasteiger partial charge in [-0.2, -0.15) is 9.40 Å². The molecule has 0 unspecified atom stereocenters. The Kier molecular flexibility index (Phi) is 3.07. The van der Waals surface area contributed by atoms with E-state index in [2.05, 4.69) is 15.2 Å². The quantitative estimate of drug-likeness (QED) is 0.770. The predicted octanol–water partition coefficient (Wildman–Crippen LogP) is 1.42. The number of hydrogen-bond donors (Lipinski definition) is 1. The SMILES string of the molecule is Cc1n[nH]c(C)c1S(=O)(=O)N1CCc2nc3ccccn3c2C1. The van der Waals surface area contributed by atoms with Gasteiger partial charge in [-0.15, -0.1) is 0 Å². The second-order valence-electron chi connectivity index (χ2n) is 5.79. The lowest BCUT2D eigenvalue weighted by Crippen LogP contribution is -2.36. The Labute approximate surface area is 134 Å². The molecule has 0 fully saturated rings. The van der Waals surface area contributed by atoms with Crippen molar-refractivity contribution in [3.8, 4) is 0 Å². The van der Waals surface area contributed by atoms with E-state index in [4.69, 9.17) is 0 Å². The van der Waals surface area contributed by atoms with E-state index in [0.29, 0.717) is 30.9 Å². The molecule has 3 aromatic rings. The largest absolute Gasteiger partial charge is 0.302 e. The number of aryl methyl sites for hydroxylation is 2. The van der Waals surface area contributed by atoms with Crippen molar-refractivity contribution in [2.24, 2.45) is 0 Å². The minimum atomic E-state index is -3.57. The first-order valence-corrected chi connectivity index (χ1v) is 8.89. The Morgan fingerprint density at radius 3 is 2.83 bits per heavy atom. The molecule has 8 heteroatoms. The third-order valence-electron chi connectivity index (χ3n) is 4.29. The zero-order valence-electron chi connectivity index (χ0n) is 12.9. The Morgan fingerprint density at radius 1 is 1.26 bits per heavy atom. The lowest BCUT2D eigenvalue weighted by Gasteiger charge is -2.26. The lowest BCUT2D eigenvalue weighted by molar-refractivity contribution is 0.383. The number of H-pyrrole nitrogens is 1. The zero-order chi connectivity index (χ0) is 16.2. The summed E-state index contributed by atoms with van der Waals surface area (Å²) in [5.74, 6) is 0. The number of nitrogens with one attached hydrogen (secondary N) is 1. The number of sulfonamides is 1. The molecular weight excluding hydrogens is 314 g/mol. The fourth-order valence-corrected chi connectivity index (χ4v) is 4.93. The number of rotatable bonds is 2. The Hall–Kier alpha value is -2.19. The second kappa shape index (κ2) is 4.90. The summed E-state index contributed by atoms with van der Waals surface area (Å²) in [7, 11) is -3.57. The van der Waals surface area contributed by atoms with Gasteiger partial charge in [-0.05, 0) is 26.0 Å². The first-order valence-electron chi connectivity index (χ1n) is 7.45. The van der Waals surface area contributed by atoms with Crippen LogP contribution in [0.3, 0.4) is 0 Å². The zero-order valence-corrected chi connectivity index (χ0v) is 13.8. The van der Waals surface area contributed by atoms with Crippen LogP contribution >= 0.6 is 0 Å². The maximum atomic E-state index is 13.0. The third-order valence-corrected chi connectivity index (χ3v) is 6.40. The summed E-state index contributed by atoms with van der Waals surface area (Å²) in [4.78, 5) is 4.88. The highest BCUT2D eigenvalue weighted by Gasteiger charge is 2.33. The smallest absolute Gasteiger partial charge is 0.247 e. The monoisotopic (exact) mass is 331 g/mol. The van der Waals surface area contributed by atoms with Gasteiger partial charge in [0.15, 0.2) is 0 Å². The molecule has 0 saturated heterocycles. The van der Waals surface area contributed by atoms with E-state index in [1.165, 1.54) is 4.31 Å². The van der Waals surface area contributed by atoms with E-state index in [1.807, 2.05) is 28.8 Å². The van der Waals surface area contributed by atoms with Crippen molar-refractivity contribution in [1.82, 2.24) is 23.9 Å². The van der Waals surface area contributed by atoms with Gasteiger partial charge in [-0.3, -0.25) is 5.10 Å². The van der Waals surface area contributed by atoms with Gasteiger partial charge in [-0.25, -0.2) is 13.4 Å². The highest BCUT2D eigenvalue weighted by atomic mass is 32.2. The van der Waals surface area contributed by atoms with Crippen molar-refractivity contribution >= 4 is 15.7 Å². The average molecular weight is 331 g/mol.